The van der Waals surface area contributed by atoms with Gasteiger partial charge in [0.2, 0.25) is 0 Å². The Bertz CT molecular complexity index is 594. The normalized spacial score (nSPS) is 10.3. The van der Waals surface area contributed by atoms with Gasteiger partial charge >= 0.3 is 0 Å². The minimum absolute atomic E-state index is 0.0538. The summed E-state index contributed by atoms with van der Waals surface area (Å²) in [6, 6.07) is 7.39. The van der Waals surface area contributed by atoms with E-state index in [9.17, 15) is 4.79 Å². The van der Waals surface area contributed by atoms with Gasteiger partial charge in [-0.05, 0) is 42.7 Å². The van der Waals surface area contributed by atoms with Crippen molar-refractivity contribution in [2.75, 3.05) is 18.4 Å². The van der Waals surface area contributed by atoms with Crippen LogP contribution in [-0.4, -0.2) is 39.1 Å². The van der Waals surface area contributed by atoms with E-state index < -0.39 is 0 Å². The number of carbonyl (C=O) groups is 1. The lowest BCUT2D eigenvalue weighted by atomic mass is 10.2. The molecule has 0 saturated carbocycles. The minimum atomic E-state index is -0.0538. The van der Waals surface area contributed by atoms with E-state index in [-0.39, 0.29) is 5.91 Å². The van der Waals surface area contributed by atoms with E-state index in [2.05, 4.69) is 34.3 Å². The summed E-state index contributed by atoms with van der Waals surface area (Å²) in [5.74, 6) is 0.595. The molecular formula is C17H23N5O. The summed E-state index contributed by atoms with van der Waals surface area (Å²) in [6.07, 6.45) is 5.37. The highest BCUT2D eigenvalue weighted by molar-refractivity contribution is 5.92. The first-order valence-corrected chi connectivity index (χ1v) is 8.00. The Balaban J connectivity index is 1.96. The van der Waals surface area contributed by atoms with E-state index in [1.54, 1.807) is 24.5 Å². The number of amides is 1. The molecule has 0 aliphatic heterocycles. The van der Waals surface area contributed by atoms with Crippen LogP contribution in [0, 0.1) is 0 Å². The molecule has 1 amide bonds. The van der Waals surface area contributed by atoms with E-state index in [0.717, 1.165) is 31.5 Å². The molecular weight excluding hydrogens is 290 g/mol. The van der Waals surface area contributed by atoms with Gasteiger partial charge in [0.15, 0.2) is 5.69 Å². The number of hydrogen-bond acceptors (Lipinski definition) is 5. The first kappa shape index (κ1) is 16.9. The largest absolute Gasteiger partial charge is 0.365 e. The summed E-state index contributed by atoms with van der Waals surface area (Å²) in [4.78, 5) is 18.2. The molecule has 2 heterocycles. The molecule has 0 radical (unpaired) electrons. The lowest BCUT2D eigenvalue weighted by Gasteiger charge is -2.20. The molecule has 2 rings (SSSR count). The van der Waals surface area contributed by atoms with E-state index in [0.29, 0.717) is 18.1 Å². The van der Waals surface area contributed by atoms with E-state index >= 15 is 0 Å². The van der Waals surface area contributed by atoms with Crippen molar-refractivity contribution < 1.29 is 4.79 Å². The third-order valence-electron chi connectivity index (χ3n) is 3.38. The Morgan fingerprint density at radius 3 is 2.30 bits per heavy atom. The zero-order chi connectivity index (χ0) is 16.5. The molecule has 0 fully saturated rings. The summed E-state index contributed by atoms with van der Waals surface area (Å²) in [5, 5.41) is 11.3. The van der Waals surface area contributed by atoms with Gasteiger partial charge in [0, 0.05) is 32.0 Å². The number of nitrogens with one attached hydrogen (secondary N) is 1. The summed E-state index contributed by atoms with van der Waals surface area (Å²) in [5.41, 5.74) is 1.50. The maximum absolute atomic E-state index is 12.4. The molecule has 0 bridgehead atoms. The van der Waals surface area contributed by atoms with Gasteiger partial charge in [-0.2, -0.15) is 0 Å². The molecule has 1 N–H and O–H groups in total. The molecule has 122 valence electrons. The van der Waals surface area contributed by atoms with E-state index in [4.69, 9.17) is 0 Å². The van der Waals surface area contributed by atoms with E-state index in [1.165, 1.54) is 0 Å². The van der Waals surface area contributed by atoms with Crippen LogP contribution < -0.4 is 5.32 Å². The summed E-state index contributed by atoms with van der Waals surface area (Å²) >= 11 is 0. The number of nitrogens with zero attached hydrogens (tertiary/aromatic N) is 4. The molecule has 23 heavy (non-hydrogen) atoms. The highest BCUT2D eigenvalue weighted by atomic mass is 16.2. The predicted octanol–water partition coefficient (Wildman–Crippen LogP) is 2.75. The van der Waals surface area contributed by atoms with Crippen molar-refractivity contribution in [2.45, 2.75) is 33.2 Å². The number of pyridine rings is 1. The standard InChI is InChI=1S/C17H23N5O/c1-3-11-22(12-4-2)17(23)15-5-6-16(21-20-15)19-13-14-7-9-18-10-8-14/h5-10H,3-4,11-13H2,1-2H3,(H,19,21). The Kier molecular flexibility index (Phi) is 6.47. The summed E-state index contributed by atoms with van der Waals surface area (Å²) in [7, 11) is 0. The molecule has 0 atom stereocenters. The van der Waals surface area contributed by atoms with Gasteiger partial charge in [-0.3, -0.25) is 9.78 Å². The summed E-state index contributed by atoms with van der Waals surface area (Å²) in [6.45, 7) is 6.26. The van der Waals surface area contributed by atoms with Crippen LogP contribution >= 0.6 is 0 Å². The van der Waals surface area contributed by atoms with Crippen molar-refractivity contribution in [3.63, 3.8) is 0 Å². The highest BCUT2D eigenvalue weighted by Crippen LogP contribution is 2.08. The molecule has 0 unspecified atom stereocenters. The minimum Gasteiger partial charge on any atom is -0.365 e. The number of anilines is 1. The third-order valence-corrected chi connectivity index (χ3v) is 3.38. The van der Waals surface area contributed by atoms with Gasteiger partial charge in [0.1, 0.15) is 5.82 Å². The lowest BCUT2D eigenvalue weighted by molar-refractivity contribution is 0.0748. The zero-order valence-electron chi connectivity index (χ0n) is 13.7. The number of aromatic nitrogens is 3. The Morgan fingerprint density at radius 2 is 1.74 bits per heavy atom. The zero-order valence-corrected chi connectivity index (χ0v) is 13.7. The van der Waals surface area contributed by atoms with Crippen LogP contribution in [0.5, 0.6) is 0 Å². The number of carbonyl (C=O) groups excluding carboxylic acids is 1. The molecule has 0 aliphatic carbocycles. The molecule has 0 spiro atoms. The van der Waals surface area contributed by atoms with Crippen molar-refractivity contribution in [1.82, 2.24) is 20.1 Å². The maximum atomic E-state index is 12.4. The van der Waals surface area contributed by atoms with Gasteiger partial charge < -0.3 is 10.2 Å². The van der Waals surface area contributed by atoms with Crippen LogP contribution in [0.2, 0.25) is 0 Å². The number of hydrogen-bond donors (Lipinski definition) is 1. The van der Waals surface area contributed by atoms with Gasteiger partial charge in [0.25, 0.3) is 5.91 Å². The van der Waals surface area contributed by atoms with E-state index in [1.807, 2.05) is 17.0 Å². The quantitative estimate of drug-likeness (QED) is 0.811. The Hall–Kier alpha value is -2.50. The van der Waals surface area contributed by atoms with Crippen LogP contribution in [-0.2, 0) is 6.54 Å². The molecule has 0 aliphatic rings. The monoisotopic (exact) mass is 313 g/mol. The second-order valence-electron chi connectivity index (χ2n) is 5.31. The summed E-state index contributed by atoms with van der Waals surface area (Å²) < 4.78 is 0. The van der Waals surface area contributed by atoms with Crippen LogP contribution in [0.15, 0.2) is 36.7 Å². The Labute approximate surface area is 137 Å². The van der Waals surface area contributed by atoms with Crippen molar-refractivity contribution >= 4 is 11.7 Å². The Morgan fingerprint density at radius 1 is 1.04 bits per heavy atom. The highest BCUT2D eigenvalue weighted by Gasteiger charge is 2.15. The molecule has 2 aromatic heterocycles. The first-order chi connectivity index (χ1) is 11.2. The second-order valence-corrected chi connectivity index (χ2v) is 5.31. The van der Waals surface area contributed by atoms with Crippen LogP contribution in [0.3, 0.4) is 0 Å². The fourth-order valence-electron chi connectivity index (χ4n) is 2.25. The molecule has 2 aromatic rings. The van der Waals surface area contributed by atoms with Gasteiger partial charge in [-0.15, -0.1) is 10.2 Å². The second kappa shape index (κ2) is 8.82. The van der Waals surface area contributed by atoms with Crippen molar-refractivity contribution in [2.24, 2.45) is 0 Å². The smallest absolute Gasteiger partial charge is 0.274 e. The lowest BCUT2D eigenvalue weighted by Crippen LogP contribution is -2.33. The van der Waals surface area contributed by atoms with Gasteiger partial charge in [-0.1, -0.05) is 13.8 Å². The van der Waals surface area contributed by atoms with Crippen molar-refractivity contribution in [3.05, 3.63) is 47.9 Å². The van der Waals surface area contributed by atoms with Gasteiger partial charge in [0.05, 0.1) is 0 Å². The van der Waals surface area contributed by atoms with Crippen LogP contribution in [0.4, 0.5) is 5.82 Å². The molecule has 0 aromatic carbocycles. The van der Waals surface area contributed by atoms with Gasteiger partial charge in [-0.25, -0.2) is 0 Å². The average molecular weight is 313 g/mol. The average Bonchev–Trinajstić information content (AvgIpc) is 2.60. The van der Waals surface area contributed by atoms with Crippen molar-refractivity contribution in [3.8, 4) is 0 Å². The van der Waals surface area contributed by atoms with Crippen LogP contribution in [0.25, 0.3) is 0 Å². The fraction of sp³-hybridized carbons (Fsp3) is 0.412. The SMILES string of the molecule is CCCN(CCC)C(=O)c1ccc(NCc2ccncc2)nn1. The van der Waals surface area contributed by atoms with Crippen molar-refractivity contribution in [1.29, 1.82) is 0 Å². The first-order valence-electron chi connectivity index (χ1n) is 8.00. The fourth-order valence-corrected chi connectivity index (χ4v) is 2.25. The topological polar surface area (TPSA) is 71.0 Å². The molecule has 6 nitrogen and oxygen atoms in total. The number of rotatable bonds is 8. The maximum Gasteiger partial charge on any atom is 0.274 e. The third kappa shape index (κ3) is 5.02. The predicted molar refractivity (Wildman–Crippen MR) is 90.1 cm³/mol. The molecule has 0 saturated heterocycles. The van der Waals surface area contributed by atoms with Crippen LogP contribution in [0.1, 0.15) is 42.7 Å². The molecule has 6 heteroatoms.